The summed E-state index contributed by atoms with van der Waals surface area (Å²) < 4.78 is 5.48. The summed E-state index contributed by atoms with van der Waals surface area (Å²) in [6.07, 6.45) is 2.29. The van der Waals surface area contributed by atoms with Crippen LogP contribution in [0.2, 0.25) is 0 Å². The summed E-state index contributed by atoms with van der Waals surface area (Å²) in [6.45, 7) is 4.53. The number of benzene rings is 2. The van der Waals surface area contributed by atoms with Crippen molar-refractivity contribution in [2.45, 2.75) is 31.7 Å². The highest BCUT2D eigenvalue weighted by Gasteiger charge is 2.27. The first-order chi connectivity index (χ1) is 11.3. The Hall–Kier alpha value is -1.84. The Morgan fingerprint density at radius 1 is 1.00 bits per heavy atom. The van der Waals surface area contributed by atoms with E-state index in [0.717, 1.165) is 37.2 Å². The van der Waals surface area contributed by atoms with E-state index in [-0.39, 0.29) is 12.4 Å². The van der Waals surface area contributed by atoms with Crippen LogP contribution in [-0.2, 0) is 0 Å². The van der Waals surface area contributed by atoms with E-state index in [9.17, 15) is 0 Å². The first-order valence-electron chi connectivity index (χ1n) is 8.46. The summed E-state index contributed by atoms with van der Waals surface area (Å²) in [4.78, 5) is 2.58. The van der Waals surface area contributed by atoms with Gasteiger partial charge in [0, 0.05) is 17.3 Å². The second-order valence-corrected chi connectivity index (χ2v) is 6.46. The van der Waals surface area contributed by atoms with Gasteiger partial charge < -0.3 is 4.52 Å². The Morgan fingerprint density at radius 3 is 2.42 bits per heavy atom. The highest BCUT2D eigenvalue weighted by Crippen LogP contribution is 2.34. The third-order valence-electron chi connectivity index (χ3n) is 5.15. The fraction of sp³-hybridized carbons (Fsp3) is 0.350. The predicted molar refractivity (Wildman–Crippen MR) is 99.7 cm³/mol. The van der Waals surface area contributed by atoms with E-state index < -0.39 is 0 Å². The van der Waals surface area contributed by atoms with Gasteiger partial charge in [-0.2, -0.15) is 0 Å². The second kappa shape index (κ2) is 7.37. The lowest BCUT2D eigenvalue weighted by atomic mass is 9.90. The molecule has 1 unspecified atom stereocenters. The SMILES string of the molecule is CC(c1ccccc1)N1CCC(c2noc3ccccc23)CC1.Cl. The minimum atomic E-state index is 0. The van der Waals surface area contributed by atoms with Crippen molar-refractivity contribution >= 4 is 23.4 Å². The average Bonchev–Trinajstić information content (AvgIpc) is 3.06. The third kappa shape index (κ3) is 3.19. The molecule has 2 aromatic carbocycles. The van der Waals surface area contributed by atoms with E-state index in [2.05, 4.69) is 59.4 Å². The van der Waals surface area contributed by atoms with Crippen LogP contribution in [0.5, 0.6) is 0 Å². The number of nitrogens with zero attached hydrogens (tertiary/aromatic N) is 2. The van der Waals surface area contributed by atoms with Crippen molar-refractivity contribution < 1.29 is 4.52 Å². The van der Waals surface area contributed by atoms with Crippen LogP contribution in [-0.4, -0.2) is 23.1 Å². The largest absolute Gasteiger partial charge is 0.356 e. The maximum absolute atomic E-state index is 5.48. The van der Waals surface area contributed by atoms with Gasteiger partial charge in [0.1, 0.15) is 0 Å². The molecule has 0 N–H and O–H groups in total. The topological polar surface area (TPSA) is 29.3 Å². The molecular weight excluding hydrogens is 320 g/mol. The molecule has 4 rings (SSSR count). The molecule has 1 atom stereocenters. The van der Waals surface area contributed by atoms with Gasteiger partial charge in [-0.15, -0.1) is 12.4 Å². The molecule has 1 aliphatic rings. The molecule has 24 heavy (non-hydrogen) atoms. The van der Waals surface area contributed by atoms with E-state index in [0.29, 0.717) is 12.0 Å². The fourth-order valence-corrected chi connectivity index (χ4v) is 3.70. The summed E-state index contributed by atoms with van der Waals surface area (Å²) in [5, 5.41) is 5.54. The monoisotopic (exact) mass is 342 g/mol. The van der Waals surface area contributed by atoms with Gasteiger partial charge in [-0.3, -0.25) is 4.90 Å². The van der Waals surface area contributed by atoms with Crippen LogP contribution in [0.25, 0.3) is 11.0 Å². The molecule has 0 spiro atoms. The third-order valence-corrected chi connectivity index (χ3v) is 5.15. The van der Waals surface area contributed by atoms with Gasteiger partial charge >= 0.3 is 0 Å². The van der Waals surface area contributed by atoms with E-state index >= 15 is 0 Å². The number of piperidine rings is 1. The van der Waals surface area contributed by atoms with Gasteiger partial charge in [0.25, 0.3) is 0 Å². The van der Waals surface area contributed by atoms with Crippen LogP contribution in [0.15, 0.2) is 59.1 Å². The number of likely N-dealkylation sites (tertiary alicyclic amines) is 1. The summed E-state index contributed by atoms with van der Waals surface area (Å²) >= 11 is 0. The molecule has 0 aliphatic carbocycles. The van der Waals surface area contributed by atoms with E-state index in [1.165, 1.54) is 10.9 Å². The number of halogens is 1. The fourth-order valence-electron chi connectivity index (χ4n) is 3.70. The normalized spacial score (nSPS) is 17.5. The molecule has 3 nitrogen and oxygen atoms in total. The molecule has 1 saturated heterocycles. The summed E-state index contributed by atoms with van der Waals surface area (Å²) in [5.41, 5.74) is 3.45. The summed E-state index contributed by atoms with van der Waals surface area (Å²) in [7, 11) is 0. The number of hydrogen-bond donors (Lipinski definition) is 0. The van der Waals surface area contributed by atoms with Crippen molar-refractivity contribution in [3.05, 3.63) is 65.9 Å². The Morgan fingerprint density at radius 2 is 1.67 bits per heavy atom. The zero-order chi connectivity index (χ0) is 15.6. The van der Waals surface area contributed by atoms with Crippen LogP contribution >= 0.6 is 12.4 Å². The number of para-hydroxylation sites is 1. The van der Waals surface area contributed by atoms with Crippen molar-refractivity contribution in [3.63, 3.8) is 0 Å². The van der Waals surface area contributed by atoms with Crippen LogP contribution in [0.1, 0.15) is 43.0 Å². The van der Waals surface area contributed by atoms with Gasteiger partial charge in [-0.1, -0.05) is 47.6 Å². The number of rotatable bonds is 3. The minimum Gasteiger partial charge on any atom is -0.356 e. The average molecular weight is 343 g/mol. The Balaban J connectivity index is 0.00000169. The smallest absolute Gasteiger partial charge is 0.167 e. The lowest BCUT2D eigenvalue weighted by molar-refractivity contribution is 0.160. The number of hydrogen-bond acceptors (Lipinski definition) is 3. The Kier molecular flexibility index (Phi) is 5.22. The van der Waals surface area contributed by atoms with Crippen LogP contribution in [0.4, 0.5) is 0 Å². The van der Waals surface area contributed by atoms with E-state index in [1.54, 1.807) is 0 Å². The van der Waals surface area contributed by atoms with Crippen molar-refractivity contribution in [3.8, 4) is 0 Å². The maximum Gasteiger partial charge on any atom is 0.167 e. The van der Waals surface area contributed by atoms with Gasteiger partial charge in [0.15, 0.2) is 5.58 Å². The molecule has 3 aromatic rings. The standard InChI is InChI=1S/C20H22N2O.ClH/c1-15(16-7-3-2-4-8-16)22-13-11-17(12-14-22)20-18-9-5-6-10-19(18)23-21-20;/h2-10,15,17H,11-14H2,1H3;1H. The van der Waals surface area contributed by atoms with Gasteiger partial charge in [-0.25, -0.2) is 0 Å². The quantitative estimate of drug-likeness (QED) is 0.656. The van der Waals surface area contributed by atoms with Crippen LogP contribution < -0.4 is 0 Å². The molecule has 4 heteroatoms. The molecule has 1 fully saturated rings. The molecule has 0 saturated carbocycles. The van der Waals surface area contributed by atoms with Gasteiger partial charge in [0.05, 0.1) is 5.69 Å². The van der Waals surface area contributed by atoms with Crippen LogP contribution in [0, 0.1) is 0 Å². The Labute approximate surface area is 149 Å². The lowest BCUT2D eigenvalue weighted by Gasteiger charge is -2.35. The maximum atomic E-state index is 5.48. The molecule has 0 amide bonds. The Bertz CT molecular complexity index is 778. The second-order valence-electron chi connectivity index (χ2n) is 6.46. The number of fused-ring (bicyclic) bond motifs is 1. The molecule has 1 aliphatic heterocycles. The van der Waals surface area contributed by atoms with Crippen molar-refractivity contribution in [2.75, 3.05) is 13.1 Å². The first kappa shape index (κ1) is 17.0. The molecule has 1 aromatic heterocycles. The number of aromatic nitrogens is 1. The minimum absolute atomic E-state index is 0. The van der Waals surface area contributed by atoms with Gasteiger partial charge in [-0.05, 0) is 50.6 Å². The van der Waals surface area contributed by atoms with Crippen LogP contribution in [0.3, 0.4) is 0 Å². The summed E-state index contributed by atoms with van der Waals surface area (Å²) in [6, 6.07) is 19.4. The molecular formula is C20H23ClN2O. The van der Waals surface area contributed by atoms with Crippen molar-refractivity contribution in [1.29, 1.82) is 0 Å². The molecule has 0 bridgehead atoms. The lowest BCUT2D eigenvalue weighted by Crippen LogP contribution is -2.35. The van der Waals surface area contributed by atoms with E-state index in [4.69, 9.17) is 4.52 Å². The zero-order valence-electron chi connectivity index (χ0n) is 13.9. The molecule has 0 radical (unpaired) electrons. The first-order valence-corrected chi connectivity index (χ1v) is 8.46. The molecule has 2 heterocycles. The predicted octanol–water partition coefficient (Wildman–Crippen LogP) is 5.19. The van der Waals surface area contributed by atoms with E-state index in [1.807, 2.05) is 12.1 Å². The van der Waals surface area contributed by atoms with Crippen molar-refractivity contribution in [1.82, 2.24) is 10.1 Å². The van der Waals surface area contributed by atoms with Gasteiger partial charge in [0.2, 0.25) is 0 Å². The molecule has 126 valence electrons. The highest BCUT2D eigenvalue weighted by atomic mass is 35.5. The summed E-state index contributed by atoms with van der Waals surface area (Å²) in [5.74, 6) is 0.512. The highest BCUT2D eigenvalue weighted by molar-refractivity contribution is 5.85. The van der Waals surface area contributed by atoms with Crippen molar-refractivity contribution in [2.24, 2.45) is 0 Å². The zero-order valence-corrected chi connectivity index (χ0v) is 14.7.